The maximum atomic E-state index is 4.62. The van der Waals surface area contributed by atoms with Crippen LogP contribution in [0.2, 0.25) is 0 Å². The third kappa shape index (κ3) is 3.10. The minimum Gasteiger partial charge on any atom is -0.311 e. The van der Waals surface area contributed by atoms with Gasteiger partial charge in [-0.1, -0.05) is 69.3 Å². The van der Waals surface area contributed by atoms with Gasteiger partial charge >= 0.3 is 0 Å². The van der Waals surface area contributed by atoms with Gasteiger partial charge in [-0.15, -0.1) is 0 Å². The van der Waals surface area contributed by atoms with Crippen LogP contribution in [0.5, 0.6) is 0 Å². The number of hydrogen-bond donors (Lipinski definition) is 0. The molecule has 0 aliphatic heterocycles. The van der Waals surface area contributed by atoms with Gasteiger partial charge in [-0.2, -0.15) is 0 Å². The molecule has 2 aromatic carbocycles. The SMILES string of the molecule is CC(C)(C)c1cccc(-c2ncnc3c2ncn3Cc2ccccc2)c1. The van der Waals surface area contributed by atoms with E-state index in [2.05, 4.69) is 76.7 Å². The zero-order chi connectivity index (χ0) is 18.1. The Bertz CT molecular complexity index is 1040. The second kappa shape index (κ2) is 6.37. The molecule has 0 bridgehead atoms. The highest BCUT2D eigenvalue weighted by molar-refractivity contribution is 5.87. The molecule has 2 heterocycles. The number of benzene rings is 2. The molecule has 0 saturated carbocycles. The van der Waals surface area contributed by atoms with Gasteiger partial charge in [0.15, 0.2) is 5.65 Å². The second-order valence-electron chi connectivity index (χ2n) is 7.58. The first-order valence-corrected chi connectivity index (χ1v) is 8.83. The van der Waals surface area contributed by atoms with Gasteiger partial charge in [0.1, 0.15) is 17.5 Å². The largest absolute Gasteiger partial charge is 0.311 e. The number of imidazole rings is 1. The normalized spacial score (nSPS) is 11.8. The molecular weight excluding hydrogens is 320 g/mol. The molecule has 0 radical (unpaired) electrons. The van der Waals surface area contributed by atoms with E-state index in [1.165, 1.54) is 11.1 Å². The van der Waals surface area contributed by atoms with Crippen molar-refractivity contribution in [1.82, 2.24) is 19.5 Å². The lowest BCUT2D eigenvalue weighted by Gasteiger charge is -2.19. The molecule has 0 aliphatic rings. The molecule has 2 aromatic heterocycles. The van der Waals surface area contributed by atoms with Crippen molar-refractivity contribution in [3.8, 4) is 11.3 Å². The van der Waals surface area contributed by atoms with Crippen LogP contribution >= 0.6 is 0 Å². The molecule has 4 rings (SSSR count). The third-order valence-electron chi connectivity index (χ3n) is 4.60. The molecule has 130 valence electrons. The van der Waals surface area contributed by atoms with E-state index in [1.54, 1.807) is 6.33 Å². The number of rotatable bonds is 3. The van der Waals surface area contributed by atoms with E-state index >= 15 is 0 Å². The van der Waals surface area contributed by atoms with Crippen LogP contribution in [0, 0.1) is 0 Å². The number of hydrogen-bond acceptors (Lipinski definition) is 3. The van der Waals surface area contributed by atoms with Gasteiger partial charge in [-0.05, 0) is 22.6 Å². The van der Waals surface area contributed by atoms with E-state index in [-0.39, 0.29) is 5.41 Å². The summed E-state index contributed by atoms with van der Waals surface area (Å²) in [6, 6.07) is 18.9. The molecule has 4 heteroatoms. The third-order valence-corrected chi connectivity index (χ3v) is 4.60. The van der Waals surface area contributed by atoms with Gasteiger partial charge in [0.05, 0.1) is 12.9 Å². The number of fused-ring (bicyclic) bond motifs is 1. The first kappa shape index (κ1) is 16.5. The van der Waals surface area contributed by atoms with Crippen LogP contribution in [0.4, 0.5) is 0 Å². The second-order valence-corrected chi connectivity index (χ2v) is 7.58. The Labute approximate surface area is 153 Å². The zero-order valence-corrected chi connectivity index (χ0v) is 15.3. The molecule has 4 nitrogen and oxygen atoms in total. The van der Waals surface area contributed by atoms with Crippen LogP contribution in [0.3, 0.4) is 0 Å². The summed E-state index contributed by atoms with van der Waals surface area (Å²) >= 11 is 0. The lowest BCUT2D eigenvalue weighted by Crippen LogP contribution is -2.10. The minimum atomic E-state index is 0.0921. The van der Waals surface area contributed by atoms with Gasteiger partial charge in [-0.25, -0.2) is 15.0 Å². The molecule has 26 heavy (non-hydrogen) atoms. The molecule has 0 amide bonds. The summed E-state index contributed by atoms with van der Waals surface area (Å²) in [5.41, 5.74) is 6.26. The van der Waals surface area contributed by atoms with Crippen LogP contribution in [-0.2, 0) is 12.0 Å². The van der Waals surface area contributed by atoms with Crippen LogP contribution < -0.4 is 0 Å². The topological polar surface area (TPSA) is 43.6 Å². The van der Waals surface area contributed by atoms with E-state index in [0.717, 1.165) is 29.0 Å². The average Bonchev–Trinajstić information content (AvgIpc) is 3.05. The Balaban J connectivity index is 1.78. The lowest BCUT2D eigenvalue weighted by atomic mass is 9.86. The standard InChI is InChI=1S/C22H22N4/c1-22(2,3)18-11-7-10-17(12-18)19-20-21(24-14-23-19)26(15-25-20)13-16-8-5-4-6-9-16/h4-12,14-15H,13H2,1-3H3. The van der Waals surface area contributed by atoms with Gasteiger partial charge in [-0.3, -0.25) is 0 Å². The average molecular weight is 342 g/mol. The molecule has 0 N–H and O–H groups in total. The molecule has 0 unspecified atom stereocenters. The highest BCUT2D eigenvalue weighted by atomic mass is 15.1. The van der Waals surface area contributed by atoms with Gasteiger partial charge in [0.25, 0.3) is 0 Å². The fourth-order valence-electron chi connectivity index (χ4n) is 3.12. The van der Waals surface area contributed by atoms with Crippen molar-refractivity contribution >= 4 is 11.2 Å². The lowest BCUT2D eigenvalue weighted by molar-refractivity contribution is 0.590. The van der Waals surface area contributed by atoms with Crippen molar-refractivity contribution in [1.29, 1.82) is 0 Å². The monoisotopic (exact) mass is 342 g/mol. The minimum absolute atomic E-state index is 0.0921. The summed E-state index contributed by atoms with van der Waals surface area (Å²) in [7, 11) is 0. The highest BCUT2D eigenvalue weighted by Gasteiger charge is 2.16. The van der Waals surface area contributed by atoms with Crippen LogP contribution in [0.25, 0.3) is 22.4 Å². The molecule has 0 fully saturated rings. The highest BCUT2D eigenvalue weighted by Crippen LogP contribution is 2.29. The Morgan fingerprint density at radius 1 is 0.885 bits per heavy atom. The smallest absolute Gasteiger partial charge is 0.164 e. The van der Waals surface area contributed by atoms with Crippen molar-refractivity contribution in [2.24, 2.45) is 0 Å². The summed E-state index contributed by atoms with van der Waals surface area (Å²) in [6.45, 7) is 7.40. The predicted octanol–water partition coefficient (Wildman–Crippen LogP) is 4.84. The van der Waals surface area contributed by atoms with E-state index in [0.29, 0.717) is 0 Å². The van der Waals surface area contributed by atoms with E-state index in [9.17, 15) is 0 Å². The molecule has 0 atom stereocenters. The molecule has 0 spiro atoms. The molecule has 0 saturated heterocycles. The summed E-state index contributed by atoms with van der Waals surface area (Å²) in [5, 5.41) is 0. The Morgan fingerprint density at radius 2 is 1.69 bits per heavy atom. The van der Waals surface area contributed by atoms with Crippen molar-refractivity contribution in [3.63, 3.8) is 0 Å². The summed E-state index contributed by atoms with van der Waals surface area (Å²) in [5.74, 6) is 0. The maximum Gasteiger partial charge on any atom is 0.164 e. The van der Waals surface area contributed by atoms with Crippen molar-refractivity contribution in [3.05, 3.63) is 78.4 Å². The maximum absolute atomic E-state index is 4.62. The first-order valence-electron chi connectivity index (χ1n) is 8.83. The Morgan fingerprint density at radius 3 is 2.46 bits per heavy atom. The van der Waals surface area contributed by atoms with Crippen molar-refractivity contribution in [2.75, 3.05) is 0 Å². The van der Waals surface area contributed by atoms with Gasteiger partial charge < -0.3 is 4.57 Å². The van der Waals surface area contributed by atoms with Gasteiger partial charge in [0.2, 0.25) is 0 Å². The molecule has 0 aliphatic carbocycles. The van der Waals surface area contributed by atoms with E-state index in [4.69, 9.17) is 0 Å². The molecular formula is C22H22N4. The van der Waals surface area contributed by atoms with E-state index in [1.807, 2.05) is 24.5 Å². The quantitative estimate of drug-likeness (QED) is 0.535. The van der Waals surface area contributed by atoms with Crippen LogP contribution in [-0.4, -0.2) is 19.5 Å². The fraction of sp³-hybridized carbons (Fsp3) is 0.227. The van der Waals surface area contributed by atoms with Crippen molar-refractivity contribution in [2.45, 2.75) is 32.7 Å². The number of nitrogens with zero attached hydrogens (tertiary/aromatic N) is 4. The van der Waals surface area contributed by atoms with Crippen molar-refractivity contribution < 1.29 is 0 Å². The van der Waals surface area contributed by atoms with Crippen LogP contribution in [0.1, 0.15) is 31.9 Å². The summed E-state index contributed by atoms with van der Waals surface area (Å²) in [6.07, 6.45) is 3.48. The van der Waals surface area contributed by atoms with Crippen LogP contribution in [0.15, 0.2) is 67.3 Å². The summed E-state index contributed by atoms with van der Waals surface area (Å²) in [4.78, 5) is 13.6. The summed E-state index contributed by atoms with van der Waals surface area (Å²) < 4.78 is 2.07. The zero-order valence-electron chi connectivity index (χ0n) is 15.3. The molecule has 4 aromatic rings. The Kier molecular flexibility index (Phi) is 4.03. The Hall–Kier alpha value is -3.01. The first-order chi connectivity index (χ1) is 12.5. The fourth-order valence-corrected chi connectivity index (χ4v) is 3.12. The van der Waals surface area contributed by atoms with Gasteiger partial charge in [0, 0.05) is 5.56 Å². The predicted molar refractivity (Wildman–Crippen MR) is 105 cm³/mol. The number of aromatic nitrogens is 4. The van der Waals surface area contributed by atoms with E-state index < -0.39 is 0 Å².